The summed E-state index contributed by atoms with van der Waals surface area (Å²) in [5.74, 6) is -0.730. The summed E-state index contributed by atoms with van der Waals surface area (Å²) < 4.78 is 0. The molecule has 0 atom stereocenters. The number of carbonyl (C=O) groups is 2. The molecular weight excluding hydrogens is 204 g/mol. The summed E-state index contributed by atoms with van der Waals surface area (Å²) in [6, 6.07) is 5.03. The Bertz CT molecular complexity index is 450. The van der Waals surface area contributed by atoms with Crippen molar-refractivity contribution < 1.29 is 9.59 Å². The van der Waals surface area contributed by atoms with Gasteiger partial charge in [-0.25, -0.2) is 0 Å². The van der Waals surface area contributed by atoms with Gasteiger partial charge in [0.05, 0.1) is 0 Å². The zero-order valence-corrected chi connectivity index (χ0v) is 9.28. The number of nitrogens with two attached hydrogens (primary N) is 1. The van der Waals surface area contributed by atoms with Crippen LogP contribution in [-0.2, 0) is 4.79 Å². The second-order valence-electron chi connectivity index (χ2n) is 3.33. The molecule has 1 aromatic rings. The molecule has 2 amide bonds. The van der Waals surface area contributed by atoms with E-state index in [-0.39, 0.29) is 5.91 Å². The van der Waals surface area contributed by atoms with E-state index in [1.807, 2.05) is 0 Å². The van der Waals surface area contributed by atoms with Crippen LogP contribution in [0.1, 0.15) is 22.8 Å². The summed E-state index contributed by atoms with van der Waals surface area (Å²) in [6.07, 6.45) is 3.05. The number of nitrogens with one attached hydrogen (secondary N) is 1. The van der Waals surface area contributed by atoms with Crippen molar-refractivity contribution in [2.45, 2.75) is 13.8 Å². The number of anilines is 1. The summed E-state index contributed by atoms with van der Waals surface area (Å²) >= 11 is 0. The molecule has 0 aliphatic heterocycles. The van der Waals surface area contributed by atoms with Crippen molar-refractivity contribution >= 4 is 17.5 Å². The zero-order chi connectivity index (χ0) is 12.1. The molecule has 0 fully saturated rings. The highest BCUT2D eigenvalue weighted by Gasteiger charge is 2.09. The van der Waals surface area contributed by atoms with Crippen LogP contribution >= 0.6 is 0 Å². The Morgan fingerprint density at radius 2 is 2.06 bits per heavy atom. The quantitative estimate of drug-likeness (QED) is 0.756. The van der Waals surface area contributed by atoms with Crippen LogP contribution in [0.3, 0.4) is 0 Å². The van der Waals surface area contributed by atoms with Gasteiger partial charge in [0, 0.05) is 11.3 Å². The number of hydrogen-bond donors (Lipinski definition) is 2. The van der Waals surface area contributed by atoms with Crippen molar-refractivity contribution in [2.75, 3.05) is 5.32 Å². The van der Waals surface area contributed by atoms with E-state index in [1.54, 1.807) is 38.1 Å². The summed E-state index contributed by atoms with van der Waals surface area (Å²) in [5, 5.41) is 2.67. The smallest absolute Gasteiger partial charge is 0.249 e. The number of rotatable bonds is 3. The van der Waals surface area contributed by atoms with Crippen molar-refractivity contribution in [2.24, 2.45) is 5.73 Å². The van der Waals surface area contributed by atoms with Crippen LogP contribution in [0.4, 0.5) is 5.69 Å². The molecule has 0 aliphatic rings. The number of primary amides is 1. The largest absolute Gasteiger partial charge is 0.366 e. The van der Waals surface area contributed by atoms with Gasteiger partial charge in [-0.3, -0.25) is 9.59 Å². The van der Waals surface area contributed by atoms with Gasteiger partial charge in [-0.2, -0.15) is 0 Å². The predicted molar refractivity (Wildman–Crippen MR) is 63.1 cm³/mol. The van der Waals surface area contributed by atoms with Crippen molar-refractivity contribution in [3.63, 3.8) is 0 Å². The van der Waals surface area contributed by atoms with E-state index in [9.17, 15) is 9.59 Å². The number of allylic oxidation sites excluding steroid dienone is 1. The van der Waals surface area contributed by atoms with Crippen LogP contribution in [0, 0.1) is 6.92 Å². The first-order chi connectivity index (χ1) is 7.56. The molecule has 0 bridgehead atoms. The molecule has 0 saturated heterocycles. The fourth-order valence-corrected chi connectivity index (χ4v) is 1.36. The Balaban J connectivity index is 3.02. The molecule has 0 aliphatic carbocycles. The SMILES string of the molecule is CC=CC(=O)Nc1cccc(C(N)=O)c1C. The molecule has 0 heterocycles. The highest BCUT2D eigenvalue weighted by molar-refractivity contribution is 6.02. The van der Waals surface area contributed by atoms with Crippen LogP contribution in [0.2, 0.25) is 0 Å². The lowest BCUT2D eigenvalue weighted by Crippen LogP contribution is -2.15. The second-order valence-corrected chi connectivity index (χ2v) is 3.33. The molecule has 0 aromatic heterocycles. The van der Waals surface area contributed by atoms with Gasteiger partial charge in [0.15, 0.2) is 0 Å². The molecule has 1 rings (SSSR count). The van der Waals surface area contributed by atoms with Gasteiger partial charge in [-0.1, -0.05) is 12.1 Å². The van der Waals surface area contributed by atoms with E-state index in [0.717, 1.165) is 0 Å². The van der Waals surface area contributed by atoms with Gasteiger partial charge in [0.1, 0.15) is 0 Å². The topological polar surface area (TPSA) is 72.2 Å². The minimum Gasteiger partial charge on any atom is -0.366 e. The van der Waals surface area contributed by atoms with Gasteiger partial charge in [-0.15, -0.1) is 0 Å². The molecule has 1 aromatic carbocycles. The summed E-state index contributed by atoms with van der Waals surface area (Å²) in [5.41, 5.74) is 6.89. The van der Waals surface area contributed by atoms with Gasteiger partial charge < -0.3 is 11.1 Å². The Labute approximate surface area is 94.1 Å². The normalized spacial score (nSPS) is 10.4. The van der Waals surface area contributed by atoms with E-state index in [1.165, 1.54) is 6.08 Å². The number of hydrogen-bond acceptors (Lipinski definition) is 2. The van der Waals surface area contributed by atoms with E-state index >= 15 is 0 Å². The molecular formula is C12H14N2O2. The standard InChI is InChI=1S/C12H14N2O2/c1-3-5-11(15)14-10-7-4-6-9(8(10)2)12(13)16/h3-7H,1-2H3,(H2,13,16)(H,14,15). The van der Waals surface area contributed by atoms with Crippen LogP contribution in [0.25, 0.3) is 0 Å². The van der Waals surface area contributed by atoms with Gasteiger partial charge in [-0.05, 0) is 37.6 Å². The third-order valence-corrected chi connectivity index (χ3v) is 2.18. The van der Waals surface area contributed by atoms with Gasteiger partial charge in [0.2, 0.25) is 11.8 Å². The Hall–Kier alpha value is -2.10. The second kappa shape index (κ2) is 5.11. The highest BCUT2D eigenvalue weighted by Crippen LogP contribution is 2.18. The van der Waals surface area contributed by atoms with Crippen LogP contribution < -0.4 is 11.1 Å². The summed E-state index contributed by atoms with van der Waals surface area (Å²) in [4.78, 5) is 22.4. The maximum Gasteiger partial charge on any atom is 0.249 e. The molecule has 16 heavy (non-hydrogen) atoms. The number of carbonyl (C=O) groups excluding carboxylic acids is 2. The first-order valence-electron chi connectivity index (χ1n) is 4.89. The van der Waals surface area contributed by atoms with Crippen LogP contribution in [0.5, 0.6) is 0 Å². The maximum absolute atomic E-state index is 11.3. The molecule has 84 valence electrons. The average Bonchev–Trinajstić information content (AvgIpc) is 2.21. The Morgan fingerprint density at radius 1 is 1.38 bits per heavy atom. The van der Waals surface area contributed by atoms with Gasteiger partial charge >= 0.3 is 0 Å². The van der Waals surface area contributed by atoms with Crippen molar-refractivity contribution in [1.29, 1.82) is 0 Å². The van der Waals surface area contributed by atoms with Crippen molar-refractivity contribution in [3.8, 4) is 0 Å². The fourth-order valence-electron chi connectivity index (χ4n) is 1.36. The zero-order valence-electron chi connectivity index (χ0n) is 9.28. The van der Waals surface area contributed by atoms with E-state index in [0.29, 0.717) is 16.8 Å². The Morgan fingerprint density at radius 3 is 2.62 bits per heavy atom. The van der Waals surface area contributed by atoms with E-state index in [4.69, 9.17) is 5.73 Å². The van der Waals surface area contributed by atoms with Crippen molar-refractivity contribution in [1.82, 2.24) is 0 Å². The Kier molecular flexibility index (Phi) is 3.83. The molecule has 0 saturated carbocycles. The molecule has 3 N–H and O–H groups in total. The van der Waals surface area contributed by atoms with E-state index < -0.39 is 5.91 Å². The lowest BCUT2D eigenvalue weighted by molar-refractivity contribution is -0.111. The number of amides is 2. The van der Waals surface area contributed by atoms with Crippen LogP contribution in [-0.4, -0.2) is 11.8 Å². The van der Waals surface area contributed by atoms with Crippen molar-refractivity contribution in [3.05, 3.63) is 41.5 Å². The third kappa shape index (κ3) is 2.70. The minimum absolute atomic E-state index is 0.229. The molecule has 0 radical (unpaired) electrons. The highest BCUT2D eigenvalue weighted by atomic mass is 16.1. The first kappa shape index (κ1) is 12.0. The van der Waals surface area contributed by atoms with E-state index in [2.05, 4.69) is 5.32 Å². The number of benzene rings is 1. The lowest BCUT2D eigenvalue weighted by atomic mass is 10.1. The monoisotopic (exact) mass is 218 g/mol. The summed E-state index contributed by atoms with van der Waals surface area (Å²) in [7, 11) is 0. The third-order valence-electron chi connectivity index (χ3n) is 2.18. The fraction of sp³-hybridized carbons (Fsp3) is 0.167. The maximum atomic E-state index is 11.3. The van der Waals surface area contributed by atoms with Crippen LogP contribution in [0.15, 0.2) is 30.4 Å². The molecule has 4 heteroatoms. The first-order valence-corrected chi connectivity index (χ1v) is 4.89. The molecule has 0 spiro atoms. The predicted octanol–water partition coefficient (Wildman–Crippen LogP) is 1.61. The van der Waals surface area contributed by atoms with Gasteiger partial charge in [0.25, 0.3) is 0 Å². The molecule has 0 unspecified atom stereocenters. The average molecular weight is 218 g/mol. The lowest BCUT2D eigenvalue weighted by Gasteiger charge is -2.09. The summed E-state index contributed by atoms with van der Waals surface area (Å²) in [6.45, 7) is 3.50. The minimum atomic E-state index is -0.500. The molecule has 4 nitrogen and oxygen atoms in total.